The zero-order chi connectivity index (χ0) is 17.8. The van der Waals surface area contributed by atoms with Crippen LogP contribution in [0.25, 0.3) is 54.1 Å². The average molecular weight is 387 g/mol. The van der Waals surface area contributed by atoms with E-state index in [0.717, 1.165) is 42.6 Å². The Morgan fingerprint density at radius 2 is 1.78 bits per heavy atom. The van der Waals surface area contributed by atoms with Crippen molar-refractivity contribution in [3.8, 4) is 22.2 Å². The molecule has 6 rings (SSSR count). The van der Waals surface area contributed by atoms with Gasteiger partial charge in [0.1, 0.15) is 32.3 Å². The van der Waals surface area contributed by atoms with E-state index < -0.39 is 0 Å². The number of fused-ring (bicyclic) bond motifs is 3. The quantitative estimate of drug-likeness (QED) is 0.476. The Balaban J connectivity index is 1.46. The first-order chi connectivity index (χ1) is 13.3. The zero-order valence-electron chi connectivity index (χ0n) is 13.6. The topological polar surface area (TPSA) is 93.1 Å². The molecule has 0 aliphatic carbocycles. The Labute approximate surface area is 159 Å². The molecular formula is C18H9N7S2. The molecule has 0 bridgehead atoms. The number of thiazole rings is 2. The number of imidazole rings is 1. The van der Waals surface area contributed by atoms with E-state index in [2.05, 4.69) is 29.9 Å². The van der Waals surface area contributed by atoms with Crippen LogP contribution in [-0.2, 0) is 0 Å². The van der Waals surface area contributed by atoms with Gasteiger partial charge in [0, 0.05) is 6.20 Å². The second-order valence-electron chi connectivity index (χ2n) is 5.87. The standard InChI is InChI=1S/C18H9N7S2/c1-2-11-17(19-7-1)27-18(24-11)12-4-3-9-15(23-12)25-14(21-9)10-5-6-13-16(22-10)20-8-26-13/h1-8H,(H,21,23,25). The summed E-state index contributed by atoms with van der Waals surface area (Å²) in [4.78, 5) is 31.3. The molecule has 6 aromatic rings. The summed E-state index contributed by atoms with van der Waals surface area (Å²) in [6, 6.07) is 11.7. The van der Waals surface area contributed by atoms with Gasteiger partial charge in [-0.2, -0.15) is 0 Å². The van der Waals surface area contributed by atoms with Gasteiger partial charge in [-0.25, -0.2) is 29.9 Å². The van der Waals surface area contributed by atoms with Crippen molar-refractivity contribution in [1.82, 2.24) is 34.9 Å². The lowest BCUT2D eigenvalue weighted by Gasteiger charge is -1.95. The molecule has 6 heterocycles. The van der Waals surface area contributed by atoms with Crippen molar-refractivity contribution in [2.24, 2.45) is 0 Å². The maximum Gasteiger partial charge on any atom is 0.170 e. The molecular weight excluding hydrogens is 378 g/mol. The maximum absolute atomic E-state index is 4.70. The number of aromatic nitrogens is 7. The van der Waals surface area contributed by atoms with Crippen LogP contribution in [0.15, 0.2) is 48.1 Å². The zero-order valence-corrected chi connectivity index (χ0v) is 15.3. The van der Waals surface area contributed by atoms with Crippen LogP contribution in [-0.4, -0.2) is 34.9 Å². The van der Waals surface area contributed by atoms with Crippen LogP contribution in [0.1, 0.15) is 0 Å². The van der Waals surface area contributed by atoms with E-state index in [1.807, 2.05) is 36.4 Å². The van der Waals surface area contributed by atoms with E-state index in [9.17, 15) is 0 Å². The second-order valence-corrected chi connectivity index (χ2v) is 7.73. The third-order valence-electron chi connectivity index (χ3n) is 4.17. The summed E-state index contributed by atoms with van der Waals surface area (Å²) in [6.07, 6.45) is 1.77. The molecule has 0 unspecified atom stereocenters. The molecule has 0 aromatic carbocycles. The molecule has 6 aromatic heterocycles. The van der Waals surface area contributed by atoms with Crippen molar-refractivity contribution in [1.29, 1.82) is 0 Å². The van der Waals surface area contributed by atoms with Crippen LogP contribution in [0.5, 0.6) is 0 Å². The summed E-state index contributed by atoms with van der Waals surface area (Å²) in [5.41, 5.74) is 6.43. The first-order valence-corrected chi connectivity index (χ1v) is 9.82. The van der Waals surface area contributed by atoms with Crippen LogP contribution in [0.3, 0.4) is 0 Å². The molecule has 0 amide bonds. The highest BCUT2D eigenvalue weighted by atomic mass is 32.1. The lowest BCUT2D eigenvalue weighted by Crippen LogP contribution is -1.86. The summed E-state index contributed by atoms with van der Waals surface area (Å²) in [6.45, 7) is 0. The fraction of sp³-hybridized carbons (Fsp3) is 0. The van der Waals surface area contributed by atoms with Gasteiger partial charge in [-0.15, -0.1) is 11.3 Å². The Kier molecular flexibility index (Phi) is 3.07. The fourth-order valence-electron chi connectivity index (χ4n) is 2.90. The van der Waals surface area contributed by atoms with E-state index in [1.165, 1.54) is 11.3 Å². The van der Waals surface area contributed by atoms with Gasteiger partial charge in [0.2, 0.25) is 0 Å². The third kappa shape index (κ3) is 2.40. The molecule has 0 aliphatic rings. The number of nitrogens with one attached hydrogen (secondary N) is 1. The second kappa shape index (κ2) is 5.60. The first-order valence-electron chi connectivity index (χ1n) is 8.13. The van der Waals surface area contributed by atoms with E-state index in [0.29, 0.717) is 11.5 Å². The molecule has 27 heavy (non-hydrogen) atoms. The number of aromatic amines is 1. The molecule has 0 spiro atoms. The predicted molar refractivity (Wildman–Crippen MR) is 107 cm³/mol. The van der Waals surface area contributed by atoms with Crippen LogP contribution >= 0.6 is 22.7 Å². The van der Waals surface area contributed by atoms with Crippen molar-refractivity contribution in [2.75, 3.05) is 0 Å². The third-order valence-corrected chi connectivity index (χ3v) is 5.95. The summed E-state index contributed by atoms with van der Waals surface area (Å²) < 4.78 is 1.06. The maximum atomic E-state index is 4.70. The molecule has 0 saturated heterocycles. The molecule has 0 aliphatic heterocycles. The van der Waals surface area contributed by atoms with Crippen molar-refractivity contribution in [2.45, 2.75) is 0 Å². The van der Waals surface area contributed by atoms with Crippen LogP contribution in [0.2, 0.25) is 0 Å². The van der Waals surface area contributed by atoms with Crippen molar-refractivity contribution in [3.63, 3.8) is 0 Å². The molecule has 1 N–H and O–H groups in total. The molecule has 7 nitrogen and oxygen atoms in total. The minimum atomic E-state index is 0.676. The van der Waals surface area contributed by atoms with E-state index in [1.54, 1.807) is 23.0 Å². The van der Waals surface area contributed by atoms with Crippen LogP contribution in [0, 0.1) is 0 Å². The van der Waals surface area contributed by atoms with E-state index >= 15 is 0 Å². The van der Waals surface area contributed by atoms with Crippen LogP contribution in [0.4, 0.5) is 0 Å². The largest absolute Gasteiger partial charge is 0.321 e. The Hall–Kier alpha value is -3.30. The minimum Gasteiger partial charge on any atom is -0.321 e. The lowest BCUT2D eigenvalue weighted by molar-refractivity contribution is 1.24. The van der Waals surface area contributed by atoms with E-state index in [-0.39, 0.29) is 0 Å². The highest BCUT2D eigenvalue weighted by molar-refractivity contribution is 7.21. The molecule has 0 saturated carbocycles. The normalized spacial score (nSPS) is 11.7. The average Bonchev–Trinajstić information content (AvgIpc) is 3.42. The Morgan fingerprint density at radius 3 is 2.74 bits per heavy atom. The first kappa shape index (κ1) is 14.8. The van der Waals surface area contributed by atoms with Crippen molar-refractivity contribution < 1.29 is 0 Å². The number of rotatable bonds is 2. The SMILES string of the molecule is c1cnc2sc(-c3ccc4nc(-c5ccc6scnc6n5)[nH]c4n3)nc2c1. The van der Waals surface area contributed by atoms with E-state index in [4.69, 9.17) is 4.98 Å². The van der Waals surface area contributed by atoms with Gasteiger partial charge in [-0.05, 0) is 36.4 Å². The van der Waals surface area contributed by atoms with Crippen molar-refractivity contribution >= 4 is 54.5 Å². The van der Waals surface area contributed by atoms with Gasteiger partial charge >= 0.3 is 0 Å². The smallest absolute Gasteiger partial charge is 0.170 e. The van der Waals surface area contributed by atoms with Gasteiger partial charge in [0.25, 0.3) is 0 Å². The van der Waals surface area contributed by atoms with Gasteiger partial charge in [0.15, 0.2) is 17.1 Å². The number of H-pyrrole nitrogens is 1. The Bertz CT molecular complexity index is 1410. The predicted octanol–water partition coefficient (Wildman–Crippen LogP) is 4.30. The minimum absolute atomic E-state index is 0.676. The summed E-state index contributed by atoms with van der Waals surface area (Å²) in [7, 11) is 0. The molecule has 0 atom stereocenters. The Morgan fingerprint density at radius 1 is 0.815 bits per heavy atom. The molecule has 0 radical (unpaired) electrons. The number of pyridine rings is 3. The highest BCUT2D eigenvalue weighted by Crippen LogP contribution is 2.29. The van der Waals surface area contributed by atoms with Crippen molar-refractivity contribution in [3.05, 3.63) is 48.1 Å². The van der Waals surface area contributed by atoms with Gasteiger partial charge in [0.05, 0.1) is 10.2 Å². The molecule has 128 valence electrons. The number of nitrogens with zero attached hydrogens (tertiary/aromatic N) is 6. The molecule has 9 heteroatoms. The molecule has 0 fully saturated rings. The summed E-state index contributed by atoms with van der Waals surface area (Å²) in [5, 5.41) is 0.837. The van der Waals surface area contributed by atoms with Gasteiger partial charge in [-0.3, -0.25) is 0 Å². The summed E-state index contributed by atoms with van der Waals surface area (Å²) >= 11 is 3.10. The highest BCUT2D eigenvalue weighted by Gasteiger charge is 2.13. The van der Waals surface area contributed by atoms with Crippen LogP contribution < -0.4 is 0 Å². The monoisotopic (exact) mass is 387 g/mol. The fourth-order valence-corrected chi connectivity index (χ4v) is 4.39. The van der Waals surface area contributed by atoms with Gasteiger partial charge in [-0.1, -0.05) is 11.3 Å². The number of hydrogen-bond donors (Lipinski definition) is 1. The number of hydrogen-bond acceptors (Lipinski definition) is 8. The van der Waals surface area contributed by atoms with Gasteiger partial charge < -0.3 is 4.98 Å². The lowest BCUT2D eigenvalue weighted by atomic mass is 10.3. The summed E-state index contributed by atoms with van der Waals surface area (Å²) in [5.74, 6) is 0.676.